The smallest absolute Gasteiger partial charge is 0.251 e. The van der Waals surface area contributed by atoms with Crippen LogP contribution in [0.25, 0.3) is 0 Å². The summed E-state index contributed by atoms with van der Waals surface area (Å²) in [6.45, 7) is 6.88. The Balaban J connectivity index is 1.87. The molecule has 0 fully saturated rings. The summed E-state index contributed by atoms with van der Waals surface area (Å²) < 4.78 is 0. The lowest BCUT2D eigenvalue weighted by Gasteiger charge is -2.27. The Morgan fingerprint density at radius 2 is 1.76 bits per heavy atom. The third kappa shape index (κ3) is 5.75. The molecule has 0 saturated carbocycles. The van der Waals surface area contributed by atoms with E-state index >= 15 is 0 Å². The minimum atomic E-state index is -0.143. The zero-order valence-electron chi connectivity index (χ0n) is 15.2. The number of amides is 2. The number of hydrogen-bond acceptors (Lipinski definition) is 2. The first-order chi connectivity index (χ1) is 12.0. The van der Waals surface area contributed by atoms with E-state index in [-0.39, 0.29) is 17.9 Å². The lowest BCUT2D eigenvalue weighted by atomic mass is 10.1. The molecular formula is C21H26N2O2. The fourth-order valence-corrected chi connectivity index (χ4v) is 2.65. The number of nitrogens with one attached hydrogen (secondary N) is 1. The molecule has 0 radical (unpaired) electrons. The summed E-state index contributed by atoms with van der Waals surface area (Å²) in [6, 6.07) is 17.5. The van der Waals surface area contributed by atoms with Gasteiger partial charge in [0.15, 0.2) is 0 Å². The van der Waals surface area contributed by atoms with E-state index in [1.165, 1.54) is 0 Å². The second-order valence-corrected chi connectivity index (χ2v) is 6.48. The first kappa shape index (κ1) is 18.7. The zero-order valence-corrected chi connectivity index (χ0v) is 15.2. The van der Waals surface area contributed by atoms with Gasteiger partial charge in [-0.1, -0.05) is 48.0 Å². The Morgan fingerprint density at radius 3 is 2.40 bits per heavy atom. The third-order valence-corrected chi connectivity index (χ3v) is 4.04. The van der Waals surface area contributed by atoms with Crippen molar-refractivity contribution in [2.75, 3.05) is 6.54 Å². The van der Waals surface area contributed by atoms with Gasteiger partial charge in [-0.05, 0) is 38.5 Å². The van der Waals surface area contributed by atoms with Crippen LogP contribution in [0.3, 0.4) is 0 Å². The van der Waals surface area contributed by atoms with Crippen molar-refractivity contribution < 1.29 is 9.59 Å². The fraction of sp³-hybridized carbons (Fsp3) is 0.333. The van der Waals surface area contributed by atoms with Crippen molar-refractivity contribution in [2.45, 2.75) is 39.8 Å². The van der Waals surface area contributed by atoms with Gasteiger partial charge in [0.05, 0.1) is 0 Å². The second kappa shape index (κ2) is 9.02. The predicted octanol–water partition coefficient (Wildman–Crippen LogP) is 3.55. The van der Waals surface area contributed by atoms with Gasteiger partial charge in [0.1, 0.15) is 0 Å². The number of rotatable bonds is 7. The van der Waals surface area contributed by atoms with E-state index in [4.69, 9.17) is 0 Å². The Kier molecular flexibility index (Phi) is 6.75. The van der Waals surface area contributed by atoms with Crippen LogP contribution in [0.5, 0.6) is 0 Å². The Labute approximate surface area is 149 Å². The standard InChI is InChI=1S/C21H26N2O2/c1-16(2)23(15-18-9-5-4-6-10-18)20(24)12-13-22-21(25)19-11-7-8-17(3)14-19/h4-11,14,16H,12-13,15H2,1-3H3,(H,22,25). The first-order valence-electron chi connectivity index (χ1n) is 8.65. The van der Waals surface area contributed by atoms with Crippen LogP contribution in [0.1, 0.15) is 41.8 Å². The van der Waals surface area contributed by atoms with Gasteiger partial charge in [-0.3, -0.25) is 9.59 Å². The highest BCUT2D eigenvalue weighted by molar-refractivity contribution is 5.94. The molecule has 0 aliphatic heterocycles. The summed E-state index contributed by atoms with van der Waals surface area (Å²) in [5.41, 5.74) is 2.77. The van der Waals surface area contributed by atoms with Crippen LogP contribution in [0.4, 0.5) is 0 Å². The molecule has 1 N–H and O–H groups in total. The molecule has 4 nitrogen and oxygen atoms in total. The second-order valence-electron chi connectivity index (χ2n) is 6.48. The quantitative estimate of drug-likeness (QED) is 0.839. The summed E-state index contributed by atoms with van der Waals surface area (Å²) in [7, 11) is 0. The molecule has 2 amide bonds. The van der Waals surface area contributed by atoms with Gasteiger partial charge in [-0.25, -0.2) is 0 Å². The molecule has 0 heterocycles. The van der Waals surface area contributed by atoms with Crippen LogP contribution >= 0.6 is 0 Å². The molecule has 0 bridgehead atoms. The number of nitrogens with zero attached hydrogens (tertiary/aromatic N) is 1. The van der Waals surface area contributed by atoms with Gasteiger partial charge in [-0.2, -0.15) is 0 Å². The Morgan fingerprint density at radius 1 is 1.04 bits per heavy atom. The van der Waals surface area contributed by atoms with Gasteiger partial charge in [0, 0.05) is 31.1 Å². The maximum Gasteiger partial charge on any atom is 0.251 e. The molecule has 0 saturated heterocycles. The van der Waals surface area contributed by atoms with Crippen LogP contribution < -0.4 is 5.32 Å². The highest BCUT2D eigenvalue weighted by atomic mass is 16.2. The van der Waals surface area contributed by atoms with Crippen molar-refractivity contribution in [3.8, 4) is 0 Å². The van der Waals surface area contributed by atoms with Crippen molar-refractivity contribution in [1.29, 1.82) is 0 Å². The normalized spacial score (nSPS) is 10.6. The number of carbonyl (C=O) groups excluding carboxylic acids is 2. The highest BCUT2D eigenvalue weighted by Crippen LogP contribution is 2.10. The molecule has 132 valence electrons. The zero-order chi connectivity index (χ0) is 18.2. The Hall–Kier alpha value is -2.62. The third-order valence-electron chi connectivity index (χ3n) is 4.04. The van der Waals surface area contributed by atoms with E-state index in [0.717, 1.165) is 11.1 Å². The lowest BCUT2D eigenvalue weighted by Crippen LogP contribution is -2.38. The van der Waals surface area contributed by atoms with Crippen LogP contribution in [-0.2, 0) is 11.3 Å². The summed E-state index contributed by atoms with van der Waals surface area (Å²) in [6.07, 6.45) is 0.294. The van der Waals surface area contributed by atoms with Crippen LogP contribution in [0.2, 0.25) is 0 Å². The predicted molar refractivity (Wildman–Crippen MR) is 100 cm³/mol. The molecule has 25 heavy (non-hydrogen) atoms. The number of hydrogen-bond donors (Lipinski definition) is 1. The topological polar surface area (TPSA) is 49.4 Å². The highest BCUT2D eigenvalue weighted by Gasteiger charge is 2.17. The lowest BCUT2D eigenvalue weighted by molar-refractivity contribution is -0.133. The number of benzene rings is 2. The van der Waals surface area contributed by atoms with Crippen LogP contribution in [0.15, 0.2) is 54.6 Å². The fourth-order valence-electron chi connectivity index (χ4n) is 2.65. The molecule has 0 aliphatic rings. The average molecular weight is 338 g/mol. The van der Waals surface area contributed by atoms with E-state index in [1.54, 1.807) is 6.07 Å². The van der Waals surface area contributed by atoms with Crippen molar-refractivity contribution in [3.05, 3.63) is 71.3 Å². The molecule has 0 aliphatic carbocycles. The van der Waals surface area contributed by atoms with Gasteiger partial charge in [0.25, 0.3) is 5.91 Å². The van der Waals surface area contributed by atoms with E-state index in [2.05, 4.69) is 5.32 Å². The molecule has 4 heteroatoms. The van der Waals surface area contributed by atoms with Crippen molar-refractivity contribution in [2.24, 2.45) is 0 Å². The van der Waals surface area contributed by atoms with Gasteiger partial charge in [0.2, 0.25) is 5.91 Å². The first-order valence-corrected chi connectivity index (χ1v) is 8.65. The molecule has 2 rings (SSSR count). The largest absolute Gasteiger partial charge is 0.352 e. The van der Waals surface area contributed by atoms with E-state index in [1.807, 2.05) is 74.2 Å². The van der Waals surface area contributed by atoms with Gasteiger partial charge < -0.3 is 10.2 Å². The van der Waals surface area contributed by atoms with Crippen LogP contribution in [-0.4, -0.2) is 29.3 Å². The van der Waals surface area contributed by atoms with Gasteiger partial charge in [-0.15, -0.1) is 0 Å². The van der Waals surface area contributed by atoms with Crippen molar-refractivity contribution >= 4 is 11.8 Å². The molecule has 0 aromatic heterocycles. The average Bonchev–Trinajstić information content (AvgIpc) is 2.60. The molecule has 2 aromatic rings. The molecule has 0 atom stereocenters. The molecule has 0 spiro atoms. The maximum atomic E-state index is 12.5. The monoisotopic (exact) mass is 338 g/mol. The number of aryl methyl sites for hydroxylation is 1. The number of carbonyl (C=O) groups is 2. The Bertz CT molecular complexity index is 711. The molecule has 2 aromatic carbocycles. The molecule has 0 unspecified atom stereocenters. The van der Waals surface area contributed by atoms with E-state index in [9.17, 15) is 9.59 Å². The van der Waals surface area contributed by atoms with Gasteiger partial charge >= 0.3 is 0 Å². The SMILES string of the molecule is Cc1cccc(C(=O)NCCC(=O)N(Cc2ccccc2)C(C)C)c1. The van der Waals surface area contributed by atoms with E-state index in [0.29, 0.717) is 25.1 Å². The summed E-state index contributed by atoms with van der Waals surface area (Å²) in [5, 5.41) is 2.83. The summed E-state index contributed by atoms with van der Waals surface area (Å²) >= 11 is 0. The van der Waals surface area contributed by atoms with Crippen molar-refractivity contribution in [3.63, 3.8) is 0 Å². The summed E-state index contributed by atoms with van der Waals surface area (Å²) in [5.74, 6) is -0.0981. The molecular weight excluding hydrogens is 312 g/mol. The van der Waals surface area contributed by atoms with E-state index < -0.39 is 0 Å². The summed E-state index contributed by atoms with van der Waals surface area (Å²) in [4.78, 5) is 26.5. The van der Waals surface area contributed by atoms with Crippen molar-refractivity contribution in [1.82, 2.24) is 10.2 Å². The maximum absolute atomic E-state index is 12.5. The van der Waals surface area contributed by atoms with Crippen LogP contribution in [0, 0.1) is 6.92 Å². The minimum Gasteiger partial charge on any atom is -0.352 e. The minimum absolute atomic E-state index is 0.0448.